The van der Waals surface area contributed by atoms with Crippen LogP contribution in [0.1, 0.15) is 126 Å². The zero-order chi connectivity index (χ0) is 94.4. The molecule has 1 aliphatic rings. The molecule has 0 saturated carbocycles. The quantitative estimate of drug-likeness (QED) is 0.00346. The third-order valence-corrected chi connectivity index (χ3v) is 22.1. The van der Waals surface area contributed by atoms with Crippen molar-refractivity contribution in [2.24, 2.45) is 4.99 Å². The zero-order valence-electron chi connectivity index (χ0n) is 75.6. The van der Waals surface area contributed by atoms with Gasteiger partial charge in [-0.15, -0.1) is 81.4 Å². The van der Waals surface area contributed by atoms with E-state index >= 15 is 0 Å². The minimum atomic E-state index is -3.11. The second kappa shape index (κ2) is 69.4. The Labute approximate surface area is 813 Å². The summed E-state index contributed by atoms with van der Waals surface area (Å²) in [7, 11) is 2.47. The number of halogens is 3. The first-order chi connectivity index (χ1) is 62.1. The monoisotopic (exact) mass is 1950 g/mol. The number of carbonyl (C=O) groups excluding carboxylic acids is 6. The number of aliphatic imine (C=N–C) groups is 1. The van der Waals surface area contributed by atoms with Gasteiger partial charge in [-0.25, -0.2) is 33.8 Å². The fourth-order valence-corrected chi connectivity index (χ4v) is 15.1. The van der Waals surface area contributed by atoms with Crippen LogP contribution in [0, 0.1) is 29.6 Å². The number of hydrogen-bond donors (Lipinski definition) is 5. The number of fused-ring (bicyclic) bond motifs is 3. The number of carbonyl (C=O) groups is 7. The number of nitrogens with zero attached hydrogens (tertiary/aromatic N) is 7. The number of amides is 5. The number of nitriles is 2. The molecule has 3 aromatic carbocycles. The van der Waals surface area contributed by atoms with Gasteiger partial charge in [-0.05, 0) is 162 Å². The number of carboxylic acids is 1. The Hall–Kier alpha value is -8.45. The molecule has 5 amide bonds. The van der Waals surface area contributed by atoms with E-state index in [-0.39, 0.29) is 73.0 Å². The minimum Gasteiger partial charge on any atom is -0.477 e. The largest absolute Gasteiger partial charge is 1.00 e. The van der Waals surface area contributed by atoms with Crippen LogP contribution in [0.2, 0.25) is 0 Å². The Morgan fingerprint density at radius 2 is 0.838 bits per heavy atom. The zero-order valence-corrected chi connectivity index (χ0v) is 83.1. The van der Waals surface area contributed by atoms with E-state index in [1.54, 1.807) is 50.1 Å². The smallest absolute Gasteiger partial charge is 0.477 e. The third-order valence-electron chi connectivity index (χ3n) is 18.2. The maximum Gasteiger partial charge on any atom is 1.00 e. The molecule has 0 fully saturated rings. The van der Waals surface area contributed by atoms with Crippen LogP contribution < -0.4 is 65.5 Å². The van der Waals surface area contributed by atoms with Crippen molar-refractivity contribution < 1.29 is 133 Å². The van der Waals surface area contributed by atoms with Crippen molar-refractivity contribution in [1.29, 1.82) is 10.5 Å². The number of carboxylic acid groups (broad SMARTS) is 1. The topological polar surface area (TPSA) is 413 Å². The number of esters is 1. The fraction of sp³-hybridized carbons (Fsp3) is 0.539. The fourth-order valence-electron chi connectivity index (χ4n) is 11.4. The third kappa shape index (κ3) is 51.0. The maximum absolute atomic E-state index is 12.5. The molecule has 0 atom stereocenters. The molecule has 0 unspecified atom stereocenters. The molecule has 33 nitrogen and oxygen atoms in total. The maximum atomic E-state index is 12.5. The molecule has 5 N–H and O–H groups in total. The van der Waals surface area contributed by atoms with Crippen LogP contribution in [0.5, 0.6) is 0 Å². The van der Waals surface area contributed by atoms with Gasteiger partial charge in [0.05, 0.1) is 85.6 Å². The van der Waals surface area contributed by atoms with Gasteiger partial charge in [-0.2, -0.15) is 16.9 Å². The number of aliphatic carboxylic acids is 1. The Morgan fingerprint density at radius 1 is 0.500 bits per heavy atom. The van der Waals surface area contributed by atoms with Crippen molar-refractivity contribution in [3.05, 3.63) is 111 Å². The van der Waals surface area contributed by atoms with Gasteiger partial charge < -0.3 is 100 Å². The van der Waals surface area contributed by atoms with Crippen molar-refractivity contribution >= 4 is 193 Å². The molecule has 0 aliphatic carbocycles. The molecule has 41 heteroatoms. The molecule has 6 aromatic rings. The summed E-state index contributed by atoms with van der Waals surface area (Å²) in [6.45, 7) is 20.8. The Bertz CT molecular complexity index is 4730. The van der Waals surface area contributed by atoms with Crippen LogP contribution in [0.25, 0.3) is 48.5 Å². The van der Waals surface area contributed by atoms with Crippen molar-refractivity contribution in [1.82, 2.24) is 26.2 Å². The summed E-state index contributed by atoms with van der Waals surface area (Å²) in [5.74, 6) is 0.812. The van der Waals surface area contributed by atoms with Gasteiger partial charge in [0.1, 0.15) is 66.8 Å². The first-order valence-electron chi connectivity index (χ1n) is 42.5. The number of hydrogen-bond acceptors (Lipinski definition) is 30. The van der Waals surface area contributed by atoms with Crippen LogP contribution in [-0.2, 0) is 77.1 Å². The van der Waals surface area contributed by atoms with Crippen LogP contribution in [0.3, 0.4) is 0 Å². The van der Waals surface area contributed by atoms with Gasteiger partial charge in [-0.1, -0.05) is 56.7 Å². The molecule has 0 saturated heterocycles. The standard InChI is InChI=1S/C35H50ClN4O8S.C28H39ClN4O5S.C26H34ClN3O6S.Na.O3S/c1-5-13-38-33(42)46-19-15-40(16-20-47-34(43)39-14-18-45-22-21-44-17-9-7-6-8-12-36)29-11-10-27-23-30(49-31(27)25-29)24-28(26-37)32(41)48-35(2,3)4;1-21-31-25(27(34)33(21)3)20-24-18-22-8-9-23(19-26(22)39-24)32(2)12-15-38-28(35)30-11-14-37-17-16-36-13-7-5-4-6-10-29;1-30(22-7-6-20-16-23(37-24(20)18-22)17-21(19-28)25(31)32)10-13-36-26(33)29-9-12-35-15-14-34-11-5-3-2-4-8-27;;1-4(2)3/h10-11,23-25H,1,5-9,12-22H2,2-4H3,(H,38,42)(H,39,43);8-9,18-20H,4-7,10-17H2,1-3H3,(H,30,35);6-7,16-18H,2-5,8-15H2,1H3,(H,29,33)(H,31,32);;/q-1;;;+1;/b28-24+;25-20-;21-17+;;. The molecular weight excluding hydrogens is 1830 g/mol. The molecule has 1 aliphatic heterocycles. The molecule has 0 spiro atoms. The van der Waals surface area contributed by atoms with Gasteiger partial charge in [0.2, 0.25) is 0 Å². The summed E-state index contributed by atoms with van der Waals surface area (Å²) < 4.78 is 87.9. The van der Waals surface area contributed by atoms with Gasteiger partial charge in [-0.3, -0.25) is 9.69 Å². The second-order valence-corrected chi connectivity index (χ2v) is 34.3. The van der Waals surface area contributed by atoms with E-state index in [2.05, 4.69) is 51.4 Å². The van der Waals surface area contributed by atoms with Crippen LogP contribution in [0.4, 0.5) is 36.2 Å². The summed E-state index contributed by atoms with van der Waals surface area (Å²) >= 11 is 21.4. The Kier molecular flexibility index (Phi) is 61.8. The summed E-state index contributed by atoms with van der Waals surface area (Å²) in [5, 5.41) is 41.2. The second-order valence-electron chi connectivity index (χ2n) is 29.4. The predicted octanol–water partition coefficient (Wildman–Crippen LogP) is 12.5. The predicted molar refractivity (Wildman–Crippen MR) is 508 cm³/mol. The summed E-state index contributed by atoms with van der Waals surface area (Å²) in [6.07, 6.45) is 16.2. The van der Waals surface area contributed by atoms with E-state index in [0.717, 1.165) is 153 Å². The van der Waals surface area contributed by atoms with Crippen molar-refractivity contribution in [3.63, 3.8) is 0 Å². The van der Waals surface area contributed by atoms with Crippen molar-refractivity contribution in [2.45, 2.75) is 117 Å². The molecule has 3 aromatic heterocycles. The van der Waals surface area contributed by atoms with E-state index in [1.807, 2.05) is 102 Å². The summed E-state index contributed by atoms with van der Waals surface area (Å²) in [5.41, 5.74) is 2.10. The normalized spacial score (nSPS) is 12.1. The number of anilines is 3. The number of alkyl carbamates (subject to hydrolysis) is 4. The summed E-state index contributed by atoms with van der Waals surface area (Å²) in [4.78, 5) is 98.1. The average Bonchev–Trinajstić information content (AvgIpc) is 1.72. The van der Waals surface area contributed by atoms with Gasteiger partial charge in [0.15, 0.2) is 0 Å². The Balaban J connectivity index is 0.000000495. The summed E-state index contributed by atoms with van der Waals surface area (Å²) in [6, 6.07) is 27.3. The van der Waals surface area contributed by atoms with Crippen LogP contribution >= 0.6 is 68.8 Å². The van der Waals surface area contributed by atoms with E-state index in [1.165, 1.54) is 34.8 Å². The number of rotatable bonds is 58. The van der Waals surface area contributed by atoms with Crippen molar-refractivity contribution in [2.75, 3.05) is 212 Å². The molecular formula is C89H123Cl3N11NaO22S4. The molecule has 0 bridgehead atoms. The van der Waals surface area contributed by atoms with E-state index < -0.39 is 52.5 Å². The Morgan fingerprint density at radius 3 is 1.19 bits per heavy atom. The van der Waals surface area contributed by atoms with Gasteiger partial charge >= 0.3 is 76.5 Å². The number of amidine groups is 1. The van der Waals surface area contributed by atoms with E-state index in [0.29, 0.717) is 153 Å². The van der Waals surface area contributed by atoms with E-state index in [9.17, 15) is 38.8 Å². The molecule has 7 rings (SSSR count). The number of likely N-dealkylation sites (N-methyl/N-ethyl adjacent to an activating group) is 3. The molecule has 4 heterocycles. The molecule has 712 valence electrons. The average molecular weight is 1960 g/mol. The van der Waals surface area contributed by atoms with Crippen LogP contribution in [-0.4, -0.2) is 273 Å². The van der Waals surface area contributed by atoms with E-state index in [4.69, 9.17) is 110 Å². The molecule has 130 heavy (non-hydrogen) atoms. The number of nitrogens with one attached hydrogen (secondary N) is 4. The number of benzene rings is 3. The first kappa shape index (κ1) is 116. The van der Waals surface area contributed by atoms with Gasteiger partial charge in [0, 0.05) is 124 Å². The van der Waals surface area contributed by atoms with Crippen LogP contribution in [0.15, 0.2) is 94.6 Å². The number of unbranched alkanes of at least 4 members (excludes halogenated alkanes) is 9. The van der Waals surface area contributed by atoms with Crippen molar-refractivity contribution in [3.8, 4) is 12.1 Å². The number of alkyl halides is 3. The number of thiophene rings is 3. The minimum absolute atomic E-state index is 0. The number of ether oxygens (including phenoxy) is 11. The molecule has 0 radical (unpaired) electrons. The first-order valence-corrected chi connectivity index (χ1v) is 47.5. The van der Waals surface area contributed by atoms with Gasteiger partial charge in [0.25, 0.3) is 5.91 Å². The SMILES string of the molecule is CC1=N/C(=C\c2cc3ccc(N(C)CCOC(=O)NCCOCCOCCCCCCCl)cc3s2)C(=O)N1C.CN(CCOC(=O)NCCOCCOCCCCCCCl)c1ccc2cc(/C=C(\C#N)C(=O)O)sc2c1.O=S(=O)=O.[CH2-]CCNC(=O)OCCN(CCOC(=O)NCCOCCOCCCCCCCl)c1ccc2cc(/C=C(\C#N)C(=O)OC(C)(C)C)sc2c1.[Na+].